The van der Waals surface area contributed by atoms with Crippen molar-refractivity contribution >= 4 is 18.3 Å². The highest BCUT2D eigenvalue weighted by Crippen LogP contribution is 2.22. The van der Waals surface area contributed by atoms with Gasteiger partial charge in [0.05, 0.1) is 0 Å². The first-order valence-electron chi connectivity index (χ1n) is 5.89. The predicted molar refractivity (Wildman–Crippen MR) is 76.7 cm³/mol. The number of benzene rings is 1. The number of hydrogen-bond acceptors (Lipinski definition) is 2. The second kappa shape index (κ2) is 5.62. The lowest BCUT2D eigenvalue weighted by Crippen LogP contribution is -2.32. The zero-order chi connectivity index (χ0) is 12.2. The van der Waals surface area contributed by atoms with Gasteiger partial charge in [-0.15, -0.1) is 0 Å². The van der Waals surface area contributed by atoms with Crippen LogP contribution in [0.5, 0.6) is 0 Å². The van der Waals surface area contributed by atoms with Crippen molar-refractivity contribution in [3.63, 3.8) is 0 Å². The number of anilines is 1. The van der Waals surface area contributed by atoms with Gasteiger partial charge in [0.25, 0.3) is 0 Å². The fourth-order valence-corrected chi connectivity index (χ4v) is 1.87. The topological polar surface area (TPSA) is 3.24 Å². The summed E-state index contributed by atoms with van der Waals surface area (Å²) in [6.07, 6.45) is 1.10. The number of aryl methyl sites for hydroxylation is 1. The van der Waals surface area contributed by atoms with Gasteiger partial charge >= 0.3 is 0 Å². The summed E-state index contributed by atoms with van der Waals surface area (Å²) in [5.74, 6) is 0.907. The molecule has 1 rings (SSSR count). The Labute approximate surface area is 105 Å². The summed E-state index contributed by atoms with van der Waals surface area (Å²) in [6.45, 7) is 7.71. The number of rotatable bonds is 5. The molecule has 0 N–H and O–H groups in total. The largest absolute Gasteiger partial charge is 0.374 e. The molecule has 0 aliphatic carbocycles. The van der Waals surface area contributed by atoms with Crippen molar-refractivity contribution in [3.8, 4) is 0 Å². The smallest absolute Gasteiger partial charge is 0.0363 e. The van der Waals surface area contributed by atoms with E-state index in [1.807, 2.05) is 0 Å². The molecule has 0 aliphatic heterocycles. The summed E-state index contributed by atoms with van der Waals surface area (Å²) in [4.78, 5) is 2.30. The molecule has 0 radical (unpaired) electrons. The lowest BCUT2D eigenvalue weighted by Gasteiger charge is -2.30. The van der Waals surface area contributed by atoms with Gasteiger partial charge in [-0.2, -0.15) is 12.6 Å². The van der Waals surface area contributed by atoms with E-state index in [-0.39, 0.29) is 5.41 Å². The van der Waals surface area contributed by atoms with Crippen LogP contribution in [0.3, 0.4) is 0 Å². The van der Waals surface area contributed by atoms with Crippen LogP contribution in [0.15, 0.2) is 24.3 Å². The van der Waals surface area contributed by atoms with Crippen LogP contribution >= 0.6 is 12.6 Å². The van der Waals surface area contributed by atoms with Gasteiger partial charge in [-0.1, -0.05) is 32.9 Å². The molecule has 2 heteroatoms. The SMILES string of the molecule is CCc1ccc(N(C)CC(C)(C)CS)cc1. The molecule has 0 aromatic heterocycles. The number of thiol groups is 1. The van der Waals surface area contributed by atoms with E-state index in [4.69, 9.17) is 0 Å². The van der Waals surface area contributed by atoms with Gasteiger partial charge in [-0.25, -0.2) is 0 Å². The van der Waals surface area contributed by atoms with Crippen molar-refractivity contribution in [2.24, 2.45) is 5.41 Å². The van der Waals surface area contributed by atoms with Gasteiger partial charge in [-0.05, 0) is 35.3 Å². The minimum atomic E-state index is 0.251. The van der Waals surface area contributed by atoms with Crippen molar-refractivity contribution < 1.29 is 0 Å². The van der Waals surface area contributed by atoms with Crippen LogP contribution in [0.25, 0.3) is 0 Å². The maximum atomic E-state index is 4.39. The van der Waals surface area contributed by atoms with Gasteiger partial charge in [0.15, 0.2) is 0 Å². The molecule has 0 spiro atoms. The molecule has 1 aromatic carbocycles. The van der Waals surface area contributed by atoms with E-state index in [1.54, 1.807) is 0 Å². The molecule has 1 nitrogen and oxygen atoms in total. The van der Waals surface area contributed by atoms with Gasteiger partial charge in [0.1, 0.15) is 0 Å². The molecule has 0 saturated heterocycles. The molecule has 0 saturated carbocycles. The summed E-state index contributed by atoms with van der Waals surface area (Å²) in [7, 11) is 2.14. The highest BCUT2D eigenvalue weighted by Gasteiger charge is 2.18. The third-order valence-electron chi connectivity index (χ3n) is 2.88. The average molecular weight is 237 g/mol. The fourth-order valence-electron chi connectivity index (χ4n) is 1.77. The van der Waals surface area contributed by atoms with E-state index in [0.717, 1.165) is 18.7 Å². The molecule has 0 amide bonds. The van der Waals surface area contributed by atoms with E-state index in [9.17, 15) is 0 Å². The van der Waals surface area contributed by atoms with Crippen LogP contribution in [-0.4, -0.2) is 19.3 Å². The number of nitrogens with zero attached hydrogens (tertiary/aromatic N) is 1. The van der Waals surface area contributed by atoms with Crippen LogP contribution in [-0.2, 0) is 6.42 Å². The van der Waals surface area contributed by atoms with Gasteiger partial charge in [-0.3, -0.25) is 0 Å². The monoisotopic (exact) mass is 237 g/mol. The van der Waals surface area contributed by atoms with Gasteiger partial charge < -0.3 is 4.90 Å². The second-order valence-electron chi connectivity index (χ2n) is 5.20. The van der Waals surface area contributed by atoms with Gasteiger partial charge in [0, 0.05) is 19.3 Å². The maximum Gasteiger partial charge on any atom is 0.0363 e. The van der Waals surface area contributed by atoms with Crippen LogP contribution in [0, 0.1) is 5.41 Å². The molecular formula is C14H23NS. The van der Waals surface area contributed by atoms with Crippen molar-refractivity contribution in [2.45, 2.75) is 27.2 Å². The fraction of sp³-hybridized carbons (Fsp3) is 0.571. The van der Waals surface area contributed by atoms with Crippen molar-refractivity contribution in [1.29, 1.82) is 0 Å². The van der Waals surface area contributed by atoms with Crippen molar-refractivity contribution in [2.75, 3.05) is 24.2 Å². The second-order valence-corrected chi connectivity index (χ2v) is 5.51. The lowest BCUT2D eigenvalue weighted by molar-refractivity contribution is 0.430. The number of hydrogen-bond donors (Lipinski definition) is 1. The average Bonchev–Trinajstić information content (AvgIpc) is 2.28. The summed E-state index contributed by atoms with van der Waals surface area (Å²) in [5.41, 5.74) is 2.93. The Morgan fingerprint density at radius 2 is 1.75 bits per heavy atom. The summed E-state index contributed by atoms with van der Waals surface area (Å²) in [5, 5.41) is 0. The minimum Gasteiger partial charge on any atom is -0.374 e. The van der Waals surface area contributed by atoms with Crippen molar-refractivity contribution in [1.82, 2.24) is 0 Å². The first-order valence-corrected chi connectivity index (χ1v) is 6.52. The van der Waals surface area contributed by atoms with Crippen LogP contribution in [0.4, 0.5) is 5.69 Å². The Kier molecular flexibility index (Phi) is 4.72. The molecule has 0 unspecified atom stereocenters. The summed E-state index contributed by atoms with van der Waals surface area (Å²) >= 11 is 4.39. The first kappa shape index (κ1) is 13.4. The Hall–Kier alpha value is -0.630. The summed E-state index contributed by atoms with van der Waals surface area (Å²) in [6, 6.07) is 8.82. The molecule has 16 heavy (non-hydrogen) atoms. The third-order valence-corrected chi connectivity index (χ3v) is 3.73. The first-order chi connectivity index (χ1) is 7.48. The molecular weight excluding hydrogens is 214 g/mol. The van der Waals surface area contributed by atoms with E-state index >= 15 is 0 Å². The quantitative estimate of drug-likeness (QED) is 0.765. The minimum absolute atomic E-state index is 0.251. The van der Waals surface area contributed by atoms with Gasteiger partial charge in [0.2, 0.25) is 0 Å². The molecule has 0 heterocycles. The molecule has 90 valence electrons. The Morgan fingerprint density at radius 1 is 1.19 bits per heavy atom. The zero-order valence-corrected chi connectivity index (χ0v) is 11.7. The standard InChI is InChI=1S/C14H23NS/c1-5-12-6-8-13(9-7-12)15(4)10-14(2,3)11-16/h6-9,16H,5,10-11H2,1-4H3. The lowest BCUT2D eigenvalue weighted by atomic mass is 9.95. The third kappa shape index (κ3) is 3.75. The van der Waals surface area contributed by atoms with Crippen LogP contribution in [0.1, 0.15) is 26.3 Å². The van der Waals surface area contributed by atoms with E-state index in [0.29, 0.717) is 0 Å². The maximum absolute atomic E-state index is 4.39. The highest BCUT2D eigenvalue weighted by atomic mass is 32.1. The molecule has 1 aromatic rings. The molecule has 0 fully saturated rings. The Balaban J connectivity index is 2.69. The normalized spacial score (nSPS) is 11.6. The molecule has 0 aliphatic rings. The Bertz CT molecular complexity index is 316. The molecule has 0 bridgehead atoms. The predicted octanol–water partition coefficient (Wildman–Crippen LogP) is 3.64. The van der Waals surface area contributed by atoms with Crippen molar-refractivity contribution in [3.05, 3.63) is 29.8 Å². The van der Waals surface area contributed by atoms with Crippen LogP contribution in [0.2, 0.25) is 0 Å². The zero-order valence-electron chi connectivity index (χ0n) is 10.8. The Morgan fingerprint density at radius 3 is 2.19 bits per heavy atom. The summed E-state index contributed by atoms with van der Waals surface area (Å²) < 4.78 is 0. The van der Waals surface area contributed by atoms with E-state index in [2.05, 4.69) is 69.6 Å². The van der Waals surface area contributed by atoms with E-state index in [1.165, 1.54) is 11.3 Å². The molecule has 0 atom stereocenters. The van der Waals surface area contributed by atoms with E-state index < -0.39 is 0 Å². The highest BCUT2D eigenvalue weighted by molar-refractivity contribution is 7.80. The van der Waals surface area contributed by atoms with Crippen LogP contribution < -0.4 is 4.90 Å².